The normalized spacial score (nSPS) is 10.6. The number of nitrogens with one attached hydrogen (secondary N) is 2. The molecule has 0 fully saturated rings. The zero-order valence-corrected chi connectivity index (χ0v) is 17.5. The van der Waals surface area contributed by atoms with Gasteiger partial charge in [0.05, 0.1) is 11.9 Å². The Balaban J connectivity index is 1.44. The number of carbonyl (C=O) groups excluding carboxylic acids is 2. The fourth-order valence-electron chi connectivity index (χ4n) is 3.48. The van der Waals surface area contributed by atoms with E-state index in [1.54, 1.807) is 24.3 Å². The second-order valence-corrected chi connectivity index (χ2v) is 7.51. The predicted molar refractivity (Wildman–Crippen MR) is 125 cm³/mol. The summed E-state index contributed by atoms with van der Waals surface area (Å²) in [5.74, 6) is -0.159. The summed E-state index contributed by atoms with van der Waals surface area (Å²) in [5.41, 5.74) is 5.94. The molecule has 0 unspecified atom stereocenters. The van der Waals surface area contributed by atoms with Crippen LogP contribution in [0.25, 0.3) is 10.9 Å². The molecule has 1 aromatic heterocycles. The molecule has 0 bridgehead atoms. The van der Waals surface area contributed by atoms with Crippen molar-refractivity contribution in [1.29, 1.82) is 0 Å². The van der Waals surface area contributed by atoms with Gasteiger partial charge in [-0.3, -0.25) is 14.6 Å². The van der Waals surface area contributed by atoms with E-state index in [0.29, 0.717) is 11.3 Å². The summed E-state index contributed by atoms with van der Waals surface area (Å²) in [6.07, 6.45) is 0.252. The summed E-state index contributed by atoms with van der Waals surface area (Å²) < 4.78 is 0. The lowest BCUT2D eigenvalue weighted by atomic mass is 10.1. The van der Waals surface area contributed by atoms with Crippen molar-refractivity contribution in [2.75, 3.05) is 10.6 Å². The summed E-state index contributed by atoms with van der Waals surface area (Å²) in [6.45, 7) is 3.48. The van der Waals surface area contributed by atoms with E-state index in [4.69, 9.17) is 0 Å². The van der Waals surface area contributed by atoms with Gasteiger partial charge in [0.2, 0.25) is 5.91 Å². The van der Waals surface area contributed by atoms with Crippen molar-refractivity contribution in [3.63, 3.8) is 0 Å². The number of amides is 1. The molecule has 1 amide bonds. The minimum Gasteiger partial charge on any atom is -0.355 e. The van der Waals surface area contributed by atoms with E-state index in [9.17, 15) is 9.59 Å². The Labute approximate surface area is 181 Å². The minimum absolute atomic E-state index is 0.0312. The van der Waals surface area contributed by atoms with Crippen molar-refractivity contribution in [3.05, 3.63) is 95.7 Å². The number of Topliss-reactive ketones (excluding diaryl/α,β-unsaturated/α-hetero) is 1. The first kappa shape index (κ1) is 20.3. The number of hydrogen-bond donors (Lipinski definition) is 2. The van der Waals surface area contributed by atoms with Crippen LogP contribution in [0.4, 0.5) is 17.1 Å². The molecule has 31 heavy (non-hydrogen) atoms. The summed E-state index contributed by atoms with van der Waals surface area (Å²) in [4.78, 5) is 28.5. The average Bonchev–Trinajstić information content (AvgIpc) is 2.75. The quantitative estimate of drug-likeness (QED) is 0.403. The number of benzene rings is 3. The summed E-state index contributed by atoms with van der Waals surface area (Å²) >= 11 is 0. The molecule has 0 aliphatic rings. The van der Waals surface area contributed by atoms with Crippen molar-refractivity contribution in [3.8, 4) is 0 Å². The van der Waals surface area contributed by atoms with Crippen molar-refractivity contribution in [2.24, 2.45) is 0 Å². The molecule has 154 valence electrons. The highest BCUT2D eigenvalue weighted by atomic mass is 16.1. The number of carbonyl (C=O) groups is 2. The summed E-state index contributed by atoms with van der Waals surface area (Å²) in [6, 6.07) is 24.8. The fourth-order valence-corrected chi connectivity index (χ4v) is 3.48. The number of fused-ring (bicyclic) bond motifs is 1. The van der Waals surface area contributed by atoms with E-state index >= 15 is 0 Å². The largest absolute Gasteiger partial charge is 0.355 e. The van der Waals surface area contributed by atoms with Crippen LogP contribution in [-0.4, -0.2) is 16.7 Å². The number of hydrogen-bond acceptors (Lipinski definition) is 4. The zero-order valence-electron chi connectivity index (χ0n) is 17.5. The Bertz CT molecular complexity index is 1260. The second-order valence-electron chi connectivity index (χ2n) is 7.51. The summed E-state index contributed by atoms with van der Waals surface area (Å²) in [5, 5.41) is 7.36. The highest BCUT2D eigenvalue weighted by molar-refractivity contribution is 5.97. The molecular formula is C26H23N3O2. The Hall–Kier alpha value is -3.99. The van der Waals surface area contributed by atoms with Crippen LogP contribution in [0.1, 0.15) is 28.5 Å². The number of anilines is 3. The number of para-hydroxylation sites is 1. The lowest BCUT2D eigenvalue weighted by molar-refractivity contribution is -0.115. The van der Waals surface area contributed by atoms with E-state index in [-0.39, 0.29) is 18.1 Å². The molecule has 2 N–H and O–H groups in total. The van der Waals surface area contributed by atoms with Gasteiger partial charge < -0.3 is 10.6 Å². The zero-order chi connectivity index (χ0) is 21.8. The topological polar surface area (TPSA) is 71.1 Å². The molecule has 0 saturated carbocycles. The average molecular weight is 409 g/mol. The van der Waals surface area contributed by atoms with E-state index in [2.05, 4.69) is 15.6 Å². The van der Waals surface area contributed by atoms with Gasteiger partial charge in [0.1, 0.15) is 0 Å². The van der Waals surface area contributed by atoms with E-state index in [1.165, 1.54) is 6.92 Å². The van der Waals surface area contributed by atoms with Gasteiger partial charge in [0, 0.05) is 33.7 Å². The lowest BCUT2D eigenvalue weighted by Crippen LogP contribution is -2.14. The number of pyridine rings is 1. The van der Waals surface area contributed by atoms with Crippen molar-refractivity contribution < 1.29 is 9.59 Å². The van der Waals surface area contributed by atoms with Gasteiger partial charge >= 0.3 is 0 Å². The SMILES string of the molecule is CC(=O)c1cccc(NC(=O)Cc2ccc(Nc3cc(C)nc4ccccc34)cc2)c1. The molecule has 1 heterocycles. The summed E-state index contributed by atoms with van der Waals surface area (Å²) in [7, 11) is 0. The standard InChI is InChI=1S/C26H23N3O2/c1-17-14-25(23-8-3-4-9-24(23)27-17)28-21-12-10-19(11-13-21)15-26(31)29-22-7-5-6-20(16-22)18(2)30/h3-14,16H,15H2,1-2H3,(H,27,28)(H,29,31). The smallest absolute Gasteiger partial charge is 0.228 e. The van der Waals surface area contributed by atoms with Crippen LogP contribution in [0.3, 0.4) is 0 Å². The molecular weight excluding hydrogens is 386 g/mol. The molecule has 0 aliphatic carbocycles. The molecule has 0 saturated heterocycles. The first-order chi connectivity index (χ1) is 15.0. The third kappa shape index (κ3) is 4.95. The molecule has 0 aliphatic heterocycles. The third-order valence-corrected chi connectivity index (χ3v) is 4.99. The van der Waals surface area contributed by atoms with E-state index in [1.807, 2.05) is 61.5 Å². The van der Waals surface area contributed by atoms with Crippen LogP contribution < -0.4 is 10.6 Å². The Morgan fingerprint density at radius 2 is 1.65 bits per heavy atom. The molecule has 0 atom stereocenters. The predicted octanol–water partition coefficient (Wildman–Crippen LogP) is 5.67. The Morgan fingerprint density at radius 3 is 2.42 bits per heavy atom. The van der Waals surface area contributed by atoms with Crippen LogP contribution in [-0.2, 0) is 11.2 Å². The number of aromatic nitrogens is 1. The maximum Gasteiger partial charge on any atom is 0.228 e. The van der Waals surface area contributed by atoms with Gasteiger partial charge in [0.15, 0.2) is 5.78 Å². The van der Waals surface area contributed by atoms with Gasteiger partial charge in [-0.05, 0) is 55.8 Å². The molecule has 0 radical (unpaired) electrons. The van der Waals surface area contributed by atoms with Crippen LogP contribution in [0.15, 0.2) is 78.9 Å². The first-order valence-electron chi connectivity index (χ1n) is 10.1. The maximum absolute atomic E-state index is 12.4. The maximum atomic E-state index is 12.4. The monoisotopic (exact) mass is 409 g/mol. The number of aryl methyl sites for hydroxylation is 1. The number of nitrogens with zero attached hydrogens (tertiary/aromatic N) is 1. The van der Waals surface area contributed by atoms with Crippen LogP contribution >= 0.6 is 0 Å². The third-order valence-electron chi connectivity index (χ3n) is 4.99. The minimum atomic E-state index is -0.128. The first-order valence-corrected chi connectivity index (χ1v) is 10.1. The van der Waals surface area contributed by atoms with Crippen molar-refractivity contribution >= 4 is 39.7 Å². The van der Waals surface area contributed by atoms with Gasteiger partial charge in [-0.25, -0.2) is 0 Å². The van der Waals surface area contributed by atoms with Crippen LogP contribution in [0.5, 0.6) is 0 Å². The van der Waals surface area contributed by atoms with Crippen LogP contribution in [0, 0.1) is 6.92 Å². The van der Waals surface area contributed by atoms with Crippen molar-refractivity contribution in [1.82, 2.24) is 4.98 Å². The van der Waals surface area contributed by atoms with Gasteiger partial charge in [-0.1, -0.05) is 42.5 Å². The molecule has 4 rings (SSSR count). The van der Waals surface area contributed by atoms with Gasteiger partial charge in [-0.2, -0.15) is 0 Å². The highest BCUT2D eigenvalue weighted by Gasteiger charge is 2.08. The van der Waals surface area contributed by atoms with Crippen LogP contribution in [0.2, 0.25) is 0 Å². The Morgan fingerprint density at radius 1 is 0.871 bits per heavy atom. The van der Waals surface area contributed by atoms with E-state index in [0.717, 1.165) is 33.5 Å². The lowest BCUT2D eigenvalue weighted by Gasteiger charge is -2.11. The van der Waals surface area contributed by atoms with Gasteiger partial charge in [0.25, 0.3) is 0 Å². The molecule has 4 aromatic rings. The number of rotatable bonds is 6. The molecule has 5 heteroatoms. The number of ketones is 1. The molecule has 0 spiro atoms. The molecule has 5 nitrogen and oxygen atoms in total. The Kier molecular flexibility index (Phi) is 5.76. The second kappa shape index (κ2) is 8.79. The highest BCUT2D eigenvalue weighted by Crippen LogP contribution is 2.26. The fraction of sp³-hybridized carbons (Fsp3) is 0.115. The molecule has 3 aromatic carbocycles. The van der Waals surface area contributed by atoms with Crippen molar-refractivity contribution in [2.45, 2.75) is 20.3 Å². The van der Waals surface area contributed by atoms with E-state index < -0.39 is 0 Å². The van der Waals surface area contributed by atoms with Gasteiger partial charge in [-0.15, -0.1) is 0 Å².